The van der Waals surface area contributed by atoms with Gasteiger partial charge in [-0.3, -0.25) is 0 Å². The SMILES string of the molecule is C[C@@H]1CN(S(=O)(=O)n2ccnc2)C[C@H](C)N1C(=O)O. The van der Waals surface area contributed by atoms with E-state index in [1.54, 1.807) is 13.8 Å². The smallest absolute Gasteiger partial charge is 0.407 e. The van der Waals surface area contributed by atoms with Crippen molar-refractivity contribution >= 4 is 16.3 Å². The van der Waals surface area contributed by atoms with Gasteiger partial charge in [-0.1, -0.05) is 0 Å². The maximum atomic E-state index is 12.3. The van der Waals surface area contributed by atoms with Gasteiger partial charge in [-0.05, 0) is 13.8 Å². The topological polar surface area (TPSA) is 95.7 Å². The van der Waals surface area contributed by atoms with E-state index in [0.29, 0.717) is 0 Å². The zero-order valence-corrected chi connectivity index (χ0v) is 11.5. The zero-order valence-electron chi connectivity index (χ0n) is 10.7. The molecule has 1 aliphatic rings. The van der Waals surface area contributed by atoms with Gasteiger partial charge in [0, 0.05) is 37.6 Å². The van der Waals surface area contributed by atoms with E-state index in [2.05, 4.69) is 4.98 Å². The first-order chi connectivity index (χ1) is 8.84. The summed E-state index contributed by atoms with van der Waals surface area (Å²) in [6.07, 6.45) is 2.93. The summed E-state index contributed by atoms with van der Waals surface area (Å²) in [7, 11) is -3.67. The number of hydrogen-bond donors (Lipinski definition) is 1. The lowest BCUT2D eigenvalue weighted by atomic mass is 10.1. The fourth-order valence-corrected chi connectivity index (χ4v) is 3.81. The normalized spacial score (nSPS) is 25.5. The van der Waals surface area contributed by atoms with E-state index in [9.17, 15) is 13.2 Å². The lowest BCUT2D eigenvalue weighted by molar-refractivity contribution is 0.0680. The number of hydrogen-bond acceptors (Lipinski definition) is 4. The third-order valence-electron chi connectivity index (χ3n) is 3.18. The Bertz CT molecular complexity index is 544. The average molecular weight is 288 g/mol. The molecule has 2 rings (SSSR count). The van der Waals surface area contributed by atoms with Crippen LogP contribution in [-0.2, 0) is 10.2 Å². The highest BCUT2D eigenvalue weighted by atomic mass is 32.2. The van der Waals surface area contributed by atoms with Gasteiger partial charge in [0.05, 0.1) is 0 Å². The molecule has 0 saturated carbocycles. The van der Waals surface area contributed by atoms with E-state index in [0.717, 1.165) is 3.97 Å². The van der Waals surface area contributed by atoms with E-state index >= 15 is 0 Å². The molecule has 0 bridgehead atoms. The molecule has 1 aliphatic heterocycles. The Hall–Kier alpha value is -1.61. The van der Waals surface area contributed by atoms with Crippen LogP contribution in [-0.4, -0.2) is 63.0 Å². The standard InChI is InChI=1S/C10H16N4O4S/c1-8-5-13(6-9(2)14(8)10(15)16)19(17,18)12-4-3-11-7-12/h3-4,7-9H,5-6H2,1-2H3,(H,15,16)/t8-,9+. The van der Waals surface area contributed by atoms with Crippen LogP contribution in [0.15, 0.2) is 18.7 Å². The van der Waals surface area contributed by atoms with Gasteiger partial charge in [0.25, 0.3) is 0 Å². The molecule has 19 heavy (non-hydrogen) atoms. The van der Waals surface area contributed by atoms with Crippen molar-refractivity contribution in [1.82, 2.24) is 18.2 Å². The fraction of sp³-hybridized carbons (Fsp3) is 0.600. The Kier molecular flexibility index (Phi) is 3.50. The van der Waals surface area contributed by atoms with Crippen molar-refractivity contribution in [2.24, 2.45) is 0 Å². The van der Waals surface area contributed by atoms with Crippen molar-refractivity contribution in [3.63, 3.8) is 0 Å². The van der Waals surface area contributed by atoms with Crippen molar-refractivity contribution in [1.29, 1.82) is 0 Å². The second-order valence-corrected chi connectivity index (χ2v) is 6.44. The Labute approximate surface area is 111 Å². The summed E-state index contributed by atoms with van der Waals surface area (Å²) in [6, 6.07) is -0.779. The number of nitrogens with zero attached hydrogens (tertiary/aromatic N) is 4. The summed E-state index contributed by atoms with van der Waals surface area (Å²) < 4.78 is 26.9. The van der Waals surface area contributed by atoms with Crippen LogP contribution in [0.2, 0.25) is 0 Å². The van der Waals surface area contributed by atoms with Gasteiger partial charge in [-0.15, -0.1) is 0 Å². The monoisotopic (exact) mass is 288 g/mol. The summed E-state index contributed by atoms with van der Waals surface area (Å²) in [5.74, 6) is 0. The van der Waals surface area contributed by atoms with E-state index in [1.807, 2.05) is 0 Å². The second kappa shape index (κ2) is 4.82. The van der Waals surface area contributed by atoms with Crippen LogP contribution in [0.25, 0.3) is 0 Å². The quantitative estimate of drug-likeness (QED) is 0.829. The van der Waals surface area contributed by atoms with E-state index in [4.69, 9.17) is 5.11 Å². The molecule has 0 aromatic carbocycles. The van der Waals surface area contributed by atoms with E-state index < -0.39 is 16.3 Å². The predicted molar refractivity (Wildman–Crippen MR) is 66.9 cm³/mol. The Balaban J connectivity index is 2.24. The van der Waals surface area contributed by atoms with Gasteiger partial charge >= 0.3 is 16.3 Å². The molecule has 0 radical (unpaired) electrons. The molecule has 1 aromatic heterocycles. The molecule has 2 heterocycles. The molecule has 0 spiro atoms. The summed E-state index contributed by atoms with van der Waals surface area (Å²) >= 11 is 0. The van der Waals surface area contributed by atoms with Crippen LogP contribution in [0.3, 0.4) is 0 Å². The predicted octanol–water partition coefficient (Wildman–Crippen LogP) is 0.0486. The van der Waals surface area contributed by atoms with Gasteiger partial charge in [-0.25, -0.2) is 13.8 Å². The maximum Gasteiger partial charge on any atom is 0.407 e. The lowest BCUT2D eigenvalue weighted by Gasteiger charge is -2.41. The lowest BCUT2D eigenvalue weighted by Crippen LogP contribution is -2.60. The van der Waals surface area contributed by atoms with Crippen LogP contribution < -0.4 is 0 Å². The molecule has 2 atom stereocenters. The van der Waals surface area contributed by atoms with Crippen LogP contribution >= 0.6 is 0 Å². The first-order valence-electron chi connectivity index (χ1n) is 5.84. The van der Waals surface area contributed by atoms with E-state index in [-0.39, 0.29) is 25.2 Å². The number of rotatable bonds is 2. The Morgan fingerprint density at radius 2 is 1.89 bits per heavy atom. The molecular formula is C10H16N4O4S. The third-order valence-corrected chi connectivity index (χ3v) is 4.88. The number of piperazine rings is 1. The number of amides is 1. The van der Waals surface area contributed by atoms with Crippen LogP contribution in [0.5, 0.6) is 0 Å². The van der Waals surface area contributed by atoms with Crippen molar-refractivity contribution < 1.29 is 18.3 Å². The van der Waals surface area contributed by atoms with Crippen molar-refractivity contribution in [2.45, 2.75) is 25.9 Å². The van der Waals surface area contributed by atoms with Gasteiger partial charge < -0.3 is 10.0 Å². The van der Waals surface area contributed by atoms with Gasteiger partial charge in [0.15, 0.2) is 0 Å². The molecular weight excluding hydrogens is 272 g/mol. The molecule has 1 saturated heterocycles. The minimum atomic E-state index is -3.67. The third kappa shape index (κ3) is 2.43. The van der Waals surface area contributed by atoms with Crippen molar-refractivity contribution in [3.8, 4) is 0 Å². The number of carboxylic acid groups (broad SMARTS) is 1. The minimum absolute atomic E-state index is 0.136. The zero-order chi connectivity index (χ0) is 14.2. The maximum absolute atomic E-state index is 12.3. The van der Waals surface area contributed by atoms with Crippen LogP contribution in [0.1, 0.15) is 13.8 Å². The van der Waals surface area contributed by atoms with E-state index in [1.165, 1.54) is 27.9 Å². The largest absolute Gasteiger partial charge is 0.465 e. The molecule has 9 heteroatoms. The molecule has 0 unspecified atom stereocenters. The number of imidazole rings is 1. The number of aromatic nitrogens is 2. The first-order valence-corrected chi connectivity index (χ1v) is 7.23. The van der Waals surface area contributed by atoms with Gasteiger partial charge in [0.1, 0.15) is 6.33 Å². The first kappa shape index (κ1) is 13.8. The average Bonchev–Trinajstić information content (AvgIpc) is 2.81. The molecule has 0 aliphatic carbocycles. The highest BCUT2D eigenvalue weighted by Crippen LogP contribution is 2.19. The molecule has 8 nitrogen and oxygen atoms in total. The van der Waals surface area contributed by atoms with Crippen molar-refractivity contribution in [2.75, 3.05) is 13.1 Å². The highest BCUT2D eigenvalue weighted by Gasteiger charge is 2.38. The fourth-order valence-electron chi connectivity index (χ4n) is 2.36. The summed E-state index contributed by atoms with van der Waals surface area (Å²) in [5.41, 5.74) is 0. The van der Waals surface area contributed by atoms with Gasteiger partial charge in [-0.2, -0.15) is 12.7 Å². The summed E-state index contributed by atoms with van der Waals surface area (Å²) in [4.78, 5) is 16.1. The molecule has 1 N–H and O–H groups in total. The molecule has 1 fully saturated rings. The van der Waals surface area contributed by atoms with Crippen molar-refractivity contribution in [3.05, 3.63) is 18.7 Å². The highest BCUT2D eigenvalue weighted by molar-refractivity contribution is 7.87. The second-order valence-electron chi connectivity index (χ2n) is 4.61. The Morgan fingerprint density at radius 1 is 1.32 bits per heavy atom. The van der Waals surface area contributed by atoms with Crippen LogP contribution in [0, 0.1) is 0 Å². The molecule has 1 aromatic rings. The Morgan fingerprint density at radius 3 is 2.32 bits per heavy atom. The molecule has 106 valence electrons. The number of carbonyl (C=O) groups is 1. The van der Waals surface area contributed by atoms with Gasteiger partial charge in [0.2, 0.25) is 0 Å². The molecule has 1 amide bonds. The minimum Gasteiger partial charge on any atom is -0.465 e. The summed E-state index contributed by atoms with van der Waals surface area (Å²) in [6.45, 7) is 3.66. The summed E-state index contributed by atoms with van der Waals surface area (Å²) in [5, 5.41) is 9.09. The van der Waals surface area contributed by atoms with Crippen LogP contribution in [0.4, 0.5) is 4.79 Å².